The second-order valence-corrected chi connectivity index (χ2v) is 4.47. The molecular formula is C15H11ClF2NO. The van der Waals surface area contributed by atoms with Gasteiger partial charge in [0.15, 0.2) is 0 Å². The largest absolute Gasteiger partial charge is 0.390 e. The van der Waals surface area contributed by atoms with Crippen LogP contribution in [0.2, 0.25) is 5.02 Å². The summed E-state index contributed by atoms with van der Waals surface area (Å²) in [6.07, 6.45) is 0.148. The van der Waals surface area contributed by atoms with E-state index in [-0.39, 0.29) is 12.2 Å². The van der Waals surface area contributed by atoms with Gasteiger partial charge in [-0.1, -0.05) is 53.2 Å². The van der Waals surface area contributed by atoms with Crippen LogP contribution in [-0.2, 0) is 11.4 Å². The summed E-state index contributed by atoms with van der Waals surface area (Å²) in [5, 5.41) is 4.29. The van der Waals surface area contributed by atoms with Crippen molar-refractivity contribution in [1.29, 1.82) is 0 Å². The third-order valence-corrected chi connectivity index (χ3v) is 2.76. The Morgan fingerprint density at radius 1 is 1.15 bits per heavy atom. The molecule has 0 atom stereocenters. The maximum atomic E-state index is 12.3. The number of hydrogen-bond acceptors (Lipinski definition) is 2. The molecule has 1 radical (unpaired) electrons. The molecule has 0 aliphatic heterocycles. The predicted molar refractivity (Wildman–Crippen MR) is 74.2 cm³/mol. The van der Waals surface area contributed by atoms with E-state index in [0.717, 1.165) is 5.56 Å². The summed E-state index contributed by atoms with van der Waals surface area (Å²) < 4.78 is 24.7. The van der Waals surface area contributed by atoms with Gasteiger partial charge in [-0.15, -0.1) is 0 Å². The van der Waals surface area contributed by atoms with Gasteiger partial charge in [-0.3, -0.25) is 0 Å². The molecule has 0 unspecified atom stereocenters. The van der Waals surface area contributed by atoms with Gasteiger partial charge in [-0.2, -0.15) is 0 Å². The molecule has 0 heterocycles. The van der Waals surface area contributed by atoms with E-state index in [4.69, 9.17) is 16.4 Å². The van der Waals surface area contributed by atoms with Crippen molar-refractivity contribution in [2.45, 2.75) is 13.0 Å². The Morgan fingerprint density at radius 3 is 2.55 bits per heavy atom. The predicted octanol–water partition coefficient (Wildman–Crippen LogP) is 4.71. The van der Waals surface area contributed by atoms with Crippen LogP contribution < -0.4 is 0 Å². The Morgan fingerprint density at radius 2 is 1.90 bits per heavy atom. The molecule has 0 aliphatic carbocycles. The zero-order valence-corrected chi connectivity index (χ0v) is 11.1. The minimum atomic E-state index is -2.47. The summed E-state index contributed by atoms with van der Waals surface area (Å²) in [4.78, 5) is 5.06. The molecule has 5 heteroatoms. The molecule has 0 saturated heterocycles. The highest BCUT2D eigenvalue weighted by molar-refractivity contribution is 6.30. The van der Waals surface area contributed by atoms with Crippen LogP contribution in [-0.4, -0.2) is 6.21 Å². The normalized spacial score (nSPS) is 11.2. The van der Waals surface area contributed by atoms with Gasteiger partial charge in [0.25, 0.3) is 6.43 Å². The molecule has 2 aromatic carbocycles. The molecular weight excluding hydrogens is 284 g/mol. The first-order chi connectivity index (χ1) is 9.65. The first-order valence-electron chi connectivity index (χ1n) is 5.86. The quantitative estimate of drug-likeness (QED) is 0.578. The lowest BCUT2D eigenvalue weighted by Crippen LogP contribution is -1.89. The van der Waals surface area contributed by atoms with Crippen molar-refractivity contribution in [2.75, 3.05) is 0 Å². The van der Waals surface area contributed by atoms with Crippen molar-refractivity contribution in [1.82, 2.24) is 0 Å². The van der Waals surface area contributed by atoms with E-state index >= 15 is 0 Å². The minimum Gasteiger partial charge on any atom is -0.390 e. The smallest absolute Gasteiger partial charge is 0.263 e. The van der Waals surface area contributed by atoms with Crippen LogP contribution in [0.15, 0.2) is 53.7 Å². The molecule has 0 aromatic heterocycles. The first kappa shape index (κ1) is 14.5. The lowest BCUT2D eigenvalue weighted by Gasteiger charge is -2.00. The van der Waals surface area contributed by atoms with Gasteiger partial charge in [-0.25, -0.2) is 8.78 Å². The minimum absolute atomic E-state index is 0.0320. The van der Waals surface area contributed by atoms with Crippen molar-refractivity contribution in [2.24, 2.45) is 5.16 Å². The van der Waals surface area contributed by atoms with Crippen LogP contribution in [0.5, 0.6) is 0 Å². The maximum Gasteiger partial charge on any atom is 0.263 e. The van der Waals surface area contributed by atoms with Crippen molar-refractivity contribution >= 4 is 17.8 Å². The highest BCUT2D eigenvalue weighted by Gasteiger charge is 2.05. The molecule has 0 saturated carbocycles. The summed E-state index contributed by atoms with van der Waals surface area (Å²) in [5.74, 6) is 0. The molecule has 0 aliphatic rings. The van der Waals surface area contributed by atoms with Crippen LogP contribution in [0.3, 0.4) is 0 Å². The van der Waals surface area contributed by atoms with Crippen molar-refractivity contribution in [3.63, 3.8) is 0 Å². The number of rotatable bonds is 5. The van der Waals surface area contributed by atoms with Crippen molar-refractivity contribution in [3.05, 3.63) is 70.2 Å². The standard InChI is InChI=1S/C15H11ClF2NO/c16-14-3-1-2-12(8-14)10-20-19-9-11-4-6-13(7-5-11)15(17)18/h1-8,15H,10H2. The Hall–Kier alpha value is -1.94. The summed E-state index contributed by atoms with van der Waals surface area (Å²) >= 11 is 5.83. The monoisotopic (exact) mass is 294 g/mol. The van der Waals surface area contributed by atoms with E-state index in [0.29, 0.717) is 10.6 Å². The third kappa shape index (κ3) is 4.31. The number of alkyl halides is 2. The molecule has 0 fully saturated rings. The fraction of sp³-hybridized carbons (Fsp3) is 0.133. The molecule has 0 N–H and O–H groups in total. The summed E-state index contributed by atoms with van der Waals surface area (Å²) in [5.41, 5.74) is 1.42. The summed E-state index contributed by atoms with van der Waals surface area (Å²) in [6, 6.07) is 12.9. The number of benzene rings is 2. The van der Waals surface area contributed by atoms with E-state index < -0.39 is 6.43 Å². The van der Waals surface area contributed by atoms with E-state index in [9.17, 15) is 8.78 Å². The van der Waals surface area contributed by atoms with Gasteiger partial charge in [0.05, 0.1) is 0 Å². The average Bonchev–Trinajstić information content (AvgIpc) is 2.44. The SMILES string of the molecule is FC(F)c1ccc(/[C]=N\OCc2cccc(Cl)c2)cc1. The fourth-order valence-electron chi connectivity index (χ4n) is 1.52. The first-order valence-corrected chi connectivity index (χ1v) is 6.23. The van der Waals surface area contributed by atoms with Crippen LogP contribution in [0.4, 0.5) is 8.78 Å². The van der Waals surface area contributed by atoms with E-state index in [1.807, 2.05) is 12.1 Å². The zero-order valence-electron chi connectivity index (χ0n) is 10.4. The number of nitrogens with zero attached hydrogens (tertiary/aromatic N) is 1. The maximum absolute atomic E-state index is 12.3. The van der Waals surface area contributed by atoms with Crippen LogP contribution >= 0.6 is 11.6 Å². The van der Waals surface area contributed by atoms with Gasteiger partial charge < -0.3 is 4.84 Å². The second kappa shape index (κ2) is 7.01. The van der Waals surface area contributed by atoms with Crippen molar-refractivity contribution in [3.8, 4) is 0 Å². The molecule has 2 aromatic rings. The molecule has 103 valence electrons. The molecule has 2 rings (SSSR count). The number of hydrogen-bond donors (Lipinski definition) is 0. The van der Waals surface area contributed by atoms with Gasteiger partial charge in [0, 0.05) is 16.1 Å². The highest BCUT2D eigenvalue weighted by atomic mass is 35.5. The zero-order chi connectivity index (χ0) is 14.4. The summed E-state index contributed by atoms with van der Waals surface area (Å²) in [7, 11) is 0. The van der Waals surface area contributed by atoms with E-state index in [2.05, 4.69) is 11.4 Å². The van der Waals surface area contributed by atoms with Gasteiger partial charge in [0.2, 0.25) is 0 Å². The topological polar surface area (TPSA) is 21.6 Å². The van der Waals surface area contributed by atoms with Gasteiger partial charge >= 0.3 is 0 Å². The Balaban J connectivity index is 1.87. The Bertz CT molecular complexity index is 585. The molecule has 0 amide bonds. The Kier molecular flexibility index (Phi) is 5.07. The van der Waals surface area contributed by atoms with E-state index in [1.165, 1.54) is 24.3 Å². The molecule has 20 heavy (non-hydrogen) atoms. The van der Waals surface area contributed by atoms with Crippen LogP contribution in [0, 0.1) is 0 Å². The van der Waals surface area contributed by atoms with Crippen LogP contribution in [0.25, 0.3) is 0 Å². The van der Waals surface area contributed by atoms with Crippen LogP contribution in [0.1, 0.15) is 23.1 Å². The van der Waals surface area contributed by atoms with Crippen molar-refractivity contribution < 1.29 is 13.6 Å². The third-order valence-electron chi connectivity index (χ3n) is 2.52. The summed E-state index contributed by atoms with van der Waals surface area (Å²) in [6.45, 7) is 0.267. The second-order valence-electron chi connectivity index (χ2n) is 4.03. The van der Waals surface area contributed by atoms with Gasteiger partial charge in [0.1, 0.15) is 12.8 Å². The van der Waals surface area contributed by atoms with Gasteiger partial charge in [-0.05, 0) is 17.7 Å². The lowest BCUT2D eigenvalue weighted by molar-refractivity contribution is 0.132. The average molecular weight is 295 g/mol. The molecule has 0 spiro atoms. The lowest BCUT2D eigenvalue weighted by atomic mass is 10.1. The highest BCUT2D eigenvalue weighted by Crippen LogP contribution is 2.18. The molecule has 0 bridgehead atoms. The molecule has 2 nitrogen and oxygen atoms in total. The van der Waals surface area contributed by atoms with E-state index in [1.54, 1.807) is 12.1 Å². The Labute approximate surface area is 120 Å². The fourth-order valence-corrected chi connectivity index (χ4v) is 1.73. The number of halogens is 3.